The van der Waals surface area contributed by atoms with E-state index >= 15 is 0 Å². The first-order valence-electron chi connectivity index (χ1n) is 9.28. The van der Waals surface area contributed by atoms with Crippen molar-refractivity contribution >= 4 is 23.4 Å². The van der Waals surface area contributed by atoms with Gasteiger partial charge in [-0.2, -0.15) is 0 Å². The van der Waals surface area contributed by atoms with Crippen molar-refractivity contribution in [1.29, 1.82) is 0 Å². The number of aryl methyl sites for hydroxylation is 1. The highest BCUT2D eigenvalue weighted by Crippen LogP contribution is 2.32. The van der Waals surface area contributed by atoms with Crippen molar-refractivity contribution in [2.45, 2.75) is 30.2 Å². The molecule has 0 aliphatic carbocycles. The molecule has 0 bridgehead atoms. The van der Waals surface area contributed by atoms with Gasteiger partial charge in [0.15, 0.2) is 5.16 Å². The average Bonchev–Trinajstić information content (AvgIpc) is 3.20. The molecule has 0 saturated carbocycles. The van der Waals surface area contributed by atoms with Crippen LogP contribution in [0.15, 0.2) is 60.0 Å². The van der Waals surface area contributed by atoms with Gasteiger partial charge in [0, 0.05) is 12.2 Å². The lowest BCUT2D eigenvalue weighted by Crippen LogP contribution is -2.40. The molecule has 7 heteroatoms. The number of nitrogens with zero attached hydrogens (tertiary/aromatic N) is 4. The summed E-state index contributed by atoms with van der Waals surface area (Å²) in [5.74, 6) is 0.819. The first kappa shape index (κ1) is 18.6. The molecule has 3 aromatic rings. The van der Waals surface area contributed by atoms with Gasteiger partial charge in [0.1, 0.15) is 12.1 Å². The van der Waals surface area contributed by atoms with E-state index in [1.165, 1.54) is 17.3 Å². The van der Waals surface area contributed by atoms with Crippen LogP contribution in [0.3, 0.4) is 0 Å². The van der Waals surface area contributed by atoms with Crippen molar-refractivity contribution in [3.8, 4) is 11.4 Å². The smallest absolute Gasteiger partial charge is 0.240 e. The number of amides is 1. The van der Waals surface area contributed by atoms with Gasteiger partial charge in [-0.05, 0) is 43.5 Å². The summed E-state index contributed by atoms with van der Waals surface area (Å²) in [6.07, 6.45) is 3.65. The second-order valence-corrected chi connectivity index (χ2v) is 7.95. The Labute approximate surface area is 168 Å². The normalized spacial score (nSPS) is 14.4. The van der Waals surface area contributed by atoms with Gasteiger partial charge in [0.2, 0.25) is 5.91 Å². The molecule has 144 valence electrons. The summed E-state index contributed by atoms with van der Waals surface area (Å²) in [5.41, 5.74) is 3.11. The molecule has 6 nitrogen and oxygen atoms in total. The molecule has 0 radical (unpaired) electrons. The number of hydrogen-bond acceptors (Lipinski definition) is 5. The molecule has 1 atom stereocenters. The molecule has 2 heterocycles. The largest absolute Gasteiger partial charge is 0.495 e. The van der Waals surface area contributed by atoms with E-state index in [0.29, 0.717) is 5.16 Å². The topological polar surface area (TPSA) is 60.2 Å². The van der Waals surface area contributed by atoms with Gasteiger partial charge in [-0.25, -0.2) is 0 Å². The van der Waals surface area contributed by atoms with Crippen LogP contribution < -0.4 is 9.64 Å². The maximum absolute atomic E-state index is 13.2. The van der Waals surface area contributed by atoms with Gasteiger partial charge in [-0.15, -0.1) is 10.2 Å². The van der Waals surface area contributed by atoms with Crippen LogP contribution >= 0.6 is 11.8 Å². The van der Waals surface area contributed by atoms with Crippen LogP contribution in [0, 0.1) is 0 Å². The molecule has 0 N–H and O–H groups in total. The second kappa shape index (κ2) is 8.06. The molecule has 4 rings (SSSR count). The third kappa shape index (κ3) is 3.49. The fourth-order valence-electron chi connectivity index (χ4n) is 3.49. The van der Waals surface area contributed by atoms with Gasteiger partial charge in [-0.3, -0.25) is 9.36 Å². The number of aromatic nitrogens is 3. The fraction of sp³-hybridized carbons (Fsp3) is 0.286. The zero-order chi connectivity index (χ0) is 19.5. The lowest BCUT2D eigenvalue weighted by atomic mass is 10.0. The van der Waals surface area contributed by atoms with Crippen LogP contribution in [0.1, 0.15) is 18.9 Å². The van der Waals surface area contributed by atoms with E-state index < -0.39 is 0 Å². The number of hydrogen-bond donors (Lipinski definition) is 0. The Morgan fingerprint density at radius 1 is 1.14 bits per heavy atom. The van der Waals surface area contributed by atoms with Crippen molar-refractivity contribution in [1.82, 2.24) is 14.8 Å². The number of ether oxygens (including phenoxy) is 1. The quantitative estimate of drug-likeness (QED) is 0.617. The molecular formula is C21H22N4O2S. The van der Waals surface area contributed by atoms with Crippen LogP contribution in [-0.4, -0.2) is 39.6 Å². The van der Waals surface area contributed by atoms with E-state index in [4.69, 9.17) is 4.74 Å². The number of anilines is 1. The number of carbonyl (C=O) groups is 1. The third-order valence-electron chi connectivity index (χ3n) is 4.87. The van der Waals surface area contributed by atoms with Crippen LogP contribution in [0.2, 0.25) is 0 Å². The average molecular weight is 395 g/mol. The van der Waals surface area contributed by atoms with Crippen LogP contribution in [0.4, 0.5) is 5.69 Å². The van der Waals surface area contributed by atoms with Crippen molar-refractivity contribution in [3.63, 3.8) is 0 Å². The number of thioether (sulfide) groups is 1. The van der Waals surface area contributed by atoms with Gasteiger partial charge < -0.3 is 9.64 Å². The Morgan fingerprint density at radius 2 is 1.89 bits per heavy atom. The maximum Gasteiger partial charge on any atom is 0.240 e. The molecular weight excluding hydrogens is 372 g/mol. The predicted molar refractivity (Wildman–Crippen MR) is 110 cm³/mol. The van der Waals surface area contributed by atoms with Crippen molar-refractivity contribution in [2.24, 2.45) is 0 Å². The molecule has 1 aromatic heterocycles. The zero-order valence-electron chi connectivity index (χ0n) is 15.9. The van der Waals surface area contributed by atoms with E-state index in [-0.39, 0.29) is 11.2 Å². The van der Waals surface area contributed by atoms with Gasteiger partial charge >= 0.3 is 0 Å². The number of fused-ring (bicyclic) bond motifs is 1. The molecule has 0 spiro atoms. The fourth-order valence-corrected chi connectivity index (χ4v) is 4.39. The maximum atomic E-state index is 13.2. The third-order valence-corrected chi connectivity index (χ3v) is 5.91. The van der Waals surface area contributed by atoms with Gasteiger partial charge in [0.05, 0.1) is 18.0 Å². The highest BCUT2D eigenvalue weighted by Gasteiger charge is 2.28. The van der Waals surface area contributed by atoms with Crippen LogP contribution in [0.5, 0.6) is 5.75 Å². The van der Waals surface area contributed by atoms with E-state index in [1.807, 2.05) is 58.9 Å². The zero-order valence-corrected chi connectivity index (χ0v) is 16.7. The van der Waals surface area contributed by atoms with E-state index in [1.54, 1.807) is 13.4 Å². The van der Waals surface area contributed by atoms with Crippen molar-refractivity contribution in [2.75, 3.05) is 18.6 Å². The molecule has 2 aromatic carbocycles. The Kier molecular flexibility index (Phi) is 5.34. The summed E-state index contributed by atoms with van der Waals surface area (Å²) >= 11 is 1.41. The van der Waals surface area contributed by atoms with Gasteiger partial charge in [0.25, 0.3) is 0 Å². The summed E-state index contributed by atoms with van der Waals surface area (Å²) in [6.45, 7) is 2.67. The number of rotatable bonds is 5. The highest BCUT2D eigenvalue weighted by atomic mass is 32.2. The summed E-state index contributed by atoms with van der Waals surface area (Å²) in [4.78, 5) is 15.1. The molecule has 1 amide bonds. The standard InChI is InChI=1S/C21H22N4O2S/c1-15(20(26)24-13-7-9-16-8-3-4-10-17(16)24)28-21-23-22-14-25(21)18-11-5-6-12-19(18)27-2/h3-6,8,10-12,14-15H,7,9,13H2,1-2H3/t15-/m1/s1. The summed E-state index contributed by atoms with van der Waals surface area (Å²) in [6, 6.07) is 15.8. The van der Waals surface area contributed by atoms with E-state index in [0.717, 1.165) is 36.5 Å². The van der Waals surface area contributed by atoms with Crippen LogP contribution in [0.25, 0.3) is 5.69 Å². The SMILES string of the molecule is COc1ccccc1-n1cnnc1S[C@H](C)C(=O)N1CCCc2ccccc21. The van der Waals surface area contributed by atoms with Crippen LogP contribution in [-0.2, 0) is 11.2 Å². The highest BCUT2D eigenvalue weighted by molar-refractivity contribution is 8.00. The molecule has 0 unspecified atom stereocenters. The Hall–Kier alpha value is -2.80. The first-order valence-corrected chi connectivity index (χ1v) is 10.2. The number of methoxy groups -OCH3 is 1. The minimum atomic E-state index is -0.288. The molecule has 1 aliphatic heterocycles. The number of benzene rings is 2. The molecule has 1 aliphatic rings. The lowest BCUT2D eigenvalue weighted by Gasteiger charge is -2.31. The minimum absolute atomic E-state index is 0.0896. The Balaban J connectivity index is 1.57. The number of para-hydroxylation sites is 3. The second-order valence-electron chi connectivity index (χ2n) is 6.64. The lowest BCUT2D eigenvalue weighted by molar-refractivity contribution is -0.117. The first-order chi connectivity index (χ1) is 13.7. The van der Waals surface area contributed by atoms with Gasteiger partial charge in [-0.1, -0.05) is 42.1 Å². The van der Waals surface area contributed by atoms with Crippen molar-refractivity contribution < 1.29 is 9.53 Å². The monoisotopic (exact) mass is 394 g/mol. The summed E-state index contributed by atoms with van der Waals surface area (Å²) < 4.78 is 7.31. The Bertz CT molecular complexity index is 988. The van der Waals surface area contributed by atoms with E-state index in [9.17, 15) is 4.79 Å². The minimum Gasteiger partial charge on any atom is -0.495 e. The molecule has 28 heavy (non-hydrogen) atoms. The summed E-state index contributed by atoms with van der Waals surface area (Å²) in [5, 5.41) is 8.65. The predicted octanol–water partition coefficient (Wildman–Crippen LogP) is 3.74. The summed E-state index contributed by atoms with van der Waals surface area (Å²) in [7, 11) is 1.63. The Morgan fingerprint density at radius 3 is 2.71 bits per heavy atom. The van der Waals surface area contributed by atoms with Crippen molar-refractivity contribution in [3.05, 3.63) is 60.4 Å². The number of carbonyl (C=O) groups excluding carboxylic acids is 1. The molecule has 0 saturated heterocycles. The molecule has 0 fully saturated rings. The van der Waals surface area contributed by atoms with E-state index in [2.05, 4.69) is 16.3 Å².